The number of hydrogen-bond acceptors (Lipinski definition) is 3. The van der Waals surface area contributed by atoms with Gasteiger partial charge < -0.3 is 5.73 Å². The third-order valence-electron chi connectivity index (χ3n) is 1.00. The van der Waals surface area contributed by atoms with E-state index in [1.165, 1.54) is 0 Å². The van der Waals surface area contributed by atoms with Gasteiger partial charge in [-0.2, -0.15) is 0 Å². The normalized spacial score (nSPS) is 10.1. The highest BCUT2D eigenvalue weighted by atomic mass is 127. The molecule has 1 aromatic heterocycles. The second-order valence-electron chi connectivity index (χ2n) is 1.65. The Labute approximate surface area is 66.9 Å². The Morgan fingerprint density at radius 1 is 1.67 bits per heavy atom. The van der Waals surface area contributed by atoms with Gasteiger partial charge in [0.05, 0.1) is 29.4 Å². The van der Waals surface area contributed by atoms with E-state index in [4.69, 9.17) is 5.73 Å². The zero-order valence-electron chi connectivity index (χ0n) is 5.00. The van der Waals surface area contributed by atoms with E-state index in [0.717, 1.165) is 11.6 Å². The average molecular weight is 238 g/mol. The molecule has 4 nitrogen and oxygen atoms in total. The van der Waals surface area contributed by atoms with Gasteiger partial charge in [0.25, 0.3) is 0 Å². The Balaban J connectivity index is 3.04. The molecule has 0 atom stereocenters. The summed E-state index contributed by atoms with van der Waals surface area (Å²) in [4.78, 5) is 0. The van der Waals surface area contributed by atoms with Gasteiger partial charge in [0.2, 0.25) is 0 Å². The van der Waals surface area contributed by atoms with Crippen molar-refractivity contribution in [2.24, 2.45) is 5.73 Å². The van der Waals surface area contributed by atoms with Gasteiger partial charge in [0.15, 0.2) is 5.82 Å². The maximum atomic E-state index is 5.34. The van der Waals surface area contributed by atoms with Crippen LogP contribution in [0.3, 0.4) is 0 Å². The lowest BCUT2D eigenvalue weighted by molar-refractivity contribution is 0.911. The molecule has 50 valence electrons. The van der Waals surface area contributed by atoms with E-state index in [2.05, 4.69) is 33.1 Å². The topological polar surface area (TPSA) is 56.7 Å². The molecule has 0 fully saturated rings. The summed E-state index contributed by atoms with van der Waals surface area (Å²) in [6, 6.07) is 0. The van der Waals surface area contributed by atoms with E-state index in [1.54, 1.807) is 0 Å². The van der Waals surface area contributed by atoms with Gasteiger partial charge in [-0.1, -0.05) is 0 Å². The Morgan fingerprint density at radius 2 is 2.33 bits per heavy atom. The number of nitrogens with two attached hydrogens (primary N) is 1. The second kappa shape index (κ2) is 2.61. The van der Waals surface area contributed by atoms with E-state index in [-0.39, 0.29) is 0 Å². The van der Waals surface area contributed by atoms with Gasteiger partial charge in [-0.3, -0.25) is 2.78 Å². The standard InChI is InChI=1S/C4H7IN4/c1-3-7-8-4(2-6)9(3)5/h2,6H2,1H3. The van der Waals surface area contributed by atoms with Crippen LogP contribution in [0, 0.1) is 6.92 Å². The van der Waals surface area contributed by atoms with Gasteiger partial charge in [-0.25, -0.2) is 0 Å². The smallest absolute Gasteiger partial charge is 0.155 e. The Morgan fingerprint density at radius 3 is 2.56 bits per heavy atom. The molecule has 0 saturated heterocycles. The molecule has 0 bridgehead atoms. The van der Waals surface area contributed by atoms with Crippen molar-refractivity contribution in [1.82, 2.24) is 13.0 Å². The SMILES string of the molecule is Cc1nnc(CN)n1I. The summed E-state index contributed by atoms with van der Waals surface area (Å²) in [7, 11) is 0. The average Bonchev–Trinajstić information content (AvgIpc) is 2.15. The summed E-state index contributed by atoms with van der Waals surface area (Å²) in [6.45, 7) is 2.34. The molecule has 1 rings (SSSR count). The molecule has 2 N–H and O–H groups in total. The van der Waals surface area contributed by atoms with Crippen LogP contribution in [0.4, 0.5) is 0 Å². The molecule has 0 radical (unpaired) electrons. The highest BCUT2D eigenvalue weighted by Gasteiger charge is 2.01. The first-order valence-corrected chi connectivity index (χ1v) is 3.49. The summed E-state index contributed by atoms with van der Waals surface area (Å²) in [5, 5.41) is 7.63. The number of aromatic nitrogens is 3. The summed E-state index contributed by atoms with van der Waals surface area (Å²) in [5.41, 5.74) is 5.34. The maximum absolute atomic E-state index is 5.34. The van der Waals surface area contributed by atoms with Gasteiger partial charge in [-0.15, -0.1) is 10.2 Å². The lowest BCUT2D eigenvalue weighted by Gasteiger charge is -1.91. The summed E-state index contributed by atoms with van der Waals surface area (Å²) < 4.78 is 1.84. The number of hydrogen-bond donors (Lipinski definition) is 1. The molecule has 0 amide bonds. The Hall–Kier alpha value is -0.170. The molecule has 0 aliphatic rings. The van der Waals surface area contributed by atoms with Crippen LogP contribution in [-0.4, -0.2) is 13.0 Å². The summed E-state index contributed by atoms with van der Waals surface area (Å²) >= 11 is 2.11. The van der Waals surface area contributed by atoms with E-state index in [0.29, 0.717) is 6.54 Å². The first-order chi connectivity index (χ1) is 4.25. The molecule has 1 aromatic rings. The van der Waals surface area contributed by atoms with Crippen LogP contribution in [-0.2, 0) is 6.54 Å². The molecular formula is C4H7IN4. The predicted molar refractivity (Wildman–Crippen MR) is 42.1 cm³/mol. The number of nitrogens with zero attached hydrogens (tertiary/aromatic N) is 3. The molecule has 0 aliphatic heterocycles. The van der Waals surface area contributed by atoms with Crippen LogP contribution in [0.25, 0.3) is 0 Å². The van der Waals surface area contributed by atoms with E-state index in [1.807, 2.05) is 9.70 Å². The van der Waals surface area contributed by atoms with Crippen molar-refractivity contribution in [3.63, 3.8) is 0 Å². The monoisotopic (exact) mass is 238 g/mol. The lowest BCUT2D eigenvalue weighted by atomic mass is 10.6. The zero-order chi connectivity index (χ0) is 6.85. The molecule has 5 heteroatoms. The third-order valence-corrected chi connectivity index (χ3v) is 2.26. The van der Waals surface area contributed by atoms with E-state index in [9.17, 15) is 0 Å². The first-order valence-electron chi connectivity index (χ1n) is 2.53. The second-order valence-corrected chi connectivity index (χ2v) is 2.61. The zero-order valence-corrected chi connectivity index (χ0v) is 7.16. The molecule has 0 aromatic carbocycles. The molecule has 0 spiro atoms. The Bertz CT molecular complexity index is 206. The van der Waals surface area contributed by atoms with Crippen molar-refractivity contribution in [1.29, 1.82) is 0 Å². The van der Waals surface area contributed by atoms with Crippen LogP contribution in [0.2, 0.25) is 0 Å². The minimum absolute atomic E-state index is 0.448. The fourth-order valence-electron chi connectivity index (χ4n) is 0.516. The van der Waals surface area contributed by atoms with Crippen LogP contribution >= 0.6 is 22.9 Å². The highest BCUT2D eigenvalue weighted by molar-refractivity contribution is 14.1. The van der Waals surface area contributed by atoms with Crippen LogP contribution in [0.5, 0.6) is 0 Å². The van der Waals surface area contributed by atoms with E-state index >= 15 is 0 Å². The number of aryl methyl sites for hydroxylation is 1. The molecule has 0 unspecified atom stereocenters. The van der Waals surface area contributed by atoms with Crippen molar-refractivity contribution in [3.05, 3.63) is 11.6 Å². The minimum atomic E-state index is 0.448. The summed E-state index contributed by atoms with van der Waals surface area (Å²) in [6.07, 6.45) is 0. The van der Waals surface area contributed by atoms with Gasteiger partial charge in [0, 0.05) is 0 Å². The third kappa shape index (κ3) is 1.21. The first kappa shape index (κ1) is 6.94. The number of rotatable bonds is 1. The molecule has 0 saturated carbocycles. The maximum Gasteiger partial charge on any atom is 0.155 e. The van der Waals surface area contributed by atoms with Gasteiger partial charge in [0.1, 0.15) is 5.82 Å². The van der Waals surface area contributed by atoms with Crippen molar-refractivity contribution >= 4 is 22.9 Å². The number of halogens is 1. The van der Waals surface area contributed by atoms with Gasteiger partial charge in [-0.05, 0) is 6.92 Å². The predicted octanol–water partition coefficient (Wildman–Crippen LogP) is 0.243. The van der Waals surface area contributed by atoms with Crippen LogP contribution in [0.1, 0.15) is 11.6 Å². The largest absolute Gasteiger partial charge is 0.324 e. The molecular weight excluding hydrogens is 231 g/mol. The minimum Gasteiger partial charge on any atom is -0.324 e. The van der Waals surface area contributed by atoms with Crippen molar-refractivity contribution in [3.8, 4) is 0 Å². The molecule has 0 aliphatic carbocycles. The molecule has 9 heavy (non-hydrogen) atoms. The summed E-state index contributed by atoms with van der Waals surface area (Å²) in [5.74, 6) is 1.70. The molecule has 1 heterocycles. The fraction of sp³-hybridized carbons (Fsp3) is 0.500. The van der Waals surface area contributed by atoms with Crippen LogP contribution in [0.15, 0.2) is 0 Å². The van der Waals surface area contributed by atoms with E-state index < -0.39 is 0 Å². The van der Waals surface area contributed by atoms with Crippen LogP contribution < -0.4 is 5.73 Å². The fourth-order valence-corrected chi connectivity index (χ4v) is 0.906. The Kier molecular flexibility index (Phi) is 2.01. The quantitative estimate of drug-likeness (QED) is 0.713. The van der Waals surface area contributed by atoms with Crippen molar-refractivity contribution in [2.75, 3.05) is 0 Å². The van der Waals surface area contributed by atoms with Gasteiger partial charge >= 0.3 is 0 Å². The van der Waals surface area contributed by atoms with Crippen molar-refractivity contribution < 1.29 is 0 Å². The highest BCUT2D eigenvalue weighted by Crippen LogP contribution is 2.03. The lowest BCUT2D eigenvalue weighted by Crippen LogP contribution is -2.01. The van der Waals surface area contributed by atoms with Crippen molar-refractivity contribution in [2.45, 2.75) is 13.5 Å².